The topological polar surface area (TPSA) is 62.7 Å². The number of aromatic nitrogens is 1. The predicted octanol–water partition coefficient (Wildman–Crippen LogP) is 2.91. The molecule has 0 fully saturated rings. The Hall–Kier alpha value is -2.67. The first-order valence-electron chi connectivity index (χ1n) is 5.84. The molecule has 2 aromatic rings. The van der Waals surface area contributed by atoms with Crippen molar-refractivity contribution in [3.63, 3.8) is 0 Å². The number of nitrogens with zero attached hydrogens (tertiary/aromatic N) is 2. The van der Waals surface area contributed by atoms with Crippen molar-refractivity contribution in [3.05, 3.63) is 53.1 Å². The number of halogens is 1. The molecule has 2 N–H and O–H groups in total. The fourth-order valence-electron chi connectivity index (χ4n) is 2.32. The minimum Gasteiger partial charge on any atom is -0.398 e. The van der Waals surface area contributed by atoms with E-state index in [-0.39, 0.29) is 11.5 Å². The lowest BCUT2D eigenvalue weighted by Crippen LogP contribution is -1.99. The van der Waals surface area contributed by atoms with Gasteiger partial charge in [-0.3, -0.25) is 0 Å². The van der Waals surface area contributed by atoms with Gasteiger partial charge in [0.2, 0.25) is 0 Å². The fraction of sp³-hybridized carbons (Fsp3) is 0.0667. The third kappa shape index (κ3) is 1.76. The van der Waals surface area contributed by atoms with Crippen molar-refractivity contribution in [2.24, 2.45) is 0 Å². The highest BCUT2D eigenvalue weighted by molar-refractivity contribution is 5.86. The lowest BCUT2D eigenvalue weighted by molar-refractivity contribution is 0.616. The van der Waals surface area contributed by atoms with Gasteiger partial charge < -0.3 is 5.73 Å². The smallest absolute Gasteiger partial charge is 0.141 e. The number of fused-ring (bicyclic) bond motifs is 1. The van der Waals surface area contributed by atoms with Gasteiger partial charge in [0.1, 0.15) is 17.6 Å². The molecule has 4 heteroatoms. The Balaban J connectivity index is 2.24. The summed E-state index contributed by atoms with van der Waals surface area (Å²) < 4.78 is 14.0. The third-order valence-corrected chi connectivity index (χ3v) is 3.26. The van der Waals surface area contributed by atoms with Crippen LogP contribution in [0.2, 0.25) is 0 Å². The monoisotopic (exact) mass is 251 g/mol. The molecule has 1 aliphatic carbocycles. The Morgan fingerprint density at radius 1 is 1.37 bits per heavy atom. The highest BCUT2D eigenvalue weighted by Crippen LogP contribution is 2.36. The van der Waals surface area contributed by atoms with E-state index in [1.165, 1.54) is 12.3 Å². The Labute approximate surface area is 109 Å². The fourth-order valence-corrected chi connectivity index (χ4v) is 2.32. The van der Waals surface area contributed by atoms with Gasteiger partial charge in [-0.2, -0.15) is 5.26 Å². The molecular weight excluding hydrogens is 241 g/mol. The Bertz CT molecular complexity index is 742. The van der Waals surface area contributed by atoms with Gasteiger partial charge in [-0.15, -0.1) is 0 Å². The maximum atomic E-state index is 14.0. The number of benzene rings is 1. The van der Waals surface area contributed by atoms with Crippen molar-refractivity contribution >= 4 is 11.8 Å². The second-order valence-corrected chi connectivity index (χ2v) is 4.36. The minimum absolute atomic E-state index is 0.264. The number of rotatable bonds is 1. The van der Waals surface area contributed by atoms with Crippen LogP contribution in [-0.4, -0.2) is 4.98 Å². The van der Waals surface area contributed by atoms with E-state index in [4.69, 9.17) is 11.0 Å². The molecule has 0 unspecified atom stereocenters. The van der Waals surface area contributed by atoms with Crippen molar-refractivity contribution in [2.45, 2.75) is 6.42 Å². The number of hydrogen-bond donors (Lipinski definition) is 1. The van der Waals surface area contributed by atoms with E-state index >= 15 is 0 Å². The van der Waals surface area contributed by atoms with Crippen LogP contribution < -0.4 is 5.73 Å². The summed E-state index contributed by atoms with van der Waals surface area (Å²) in [5.41, 5.74) is 9.61. The zero-order valence-corrected chi connectivity index (χ0v) is 10.0. The van der Waals surface area contributed by atoms with E-state index in [1.807, 2.05) is 18.2 Å². The van der Waals surface area contributed by atoms with Crippen LogP contribution >= 0.6 is 0 Å². The highest BCUT2D eigenvalue weighted by atomic mass is 19.1. The van der Waals surface area contributed by atoms with Crippen LogP contribution in [0.4, 0.5) is 10.1 Å². The second-order valence-electron chi connectivity index (χ2n) is 4.36. The zero-order valence-electron chi connectivity index (χ0n) is 10.0. The Morgan fingerprint density at radius 2 is 2.21 bits per heavy atom. The van der Waals surface area contributed by atoms with E-state index in [0.717, 1.165) is 5.56 Å². The summed E-state index contributed by atoms with van der Waals surface area (Å²) in [6, 6.07) is 6.72. The first-order chi connectivity index (χ1) is 9.20. The number of anilines is 1. The Morgan fingerprint density at radius 3 is 3.00 bits per heavy atom. The van der Waals surface area contributed by atoms with Crippen LogP contribution in [0.5, 0.6) is 0 Å². The highest BCUT2D eigenvalue weighted by Gasteiger charge is 2.18. The molecule has 19 heavy (non-hydrogen) atoms. The average molecular weight is 251 g/mol. The predicted molar refractivity (Wildman–Crippen MR) is 71.5 cm³/mol. The first-order valence-corrected chi connectivity index (χ1v) is 5.84. The third-order valence-electron chi connectivity index (χ3n) is 3.26. The number of pyridine rings is 1. The zero-order chi connectivity index (χ0) is 13.4. The molecule has 0 aliphatic heterocycles. The molecule has 1 heterocycles. The van der Waals surface area contributed by atoms with Gasteiger partial charge in [0.25, 0.3) is 0 Å². The molecule has 1 aliphatic rings. The molecule has 0 atom stereocenters. The van der Waals surface area contributed by atoms with E-state index in [0.29, 0.717) is 28.8 Å². The van der Waals surface area contributed by atoms with E-state index in [9.17, 15) is 4.39 Å². The lowest BCUT2D eigenvalue weighted by Gasteiger charge is -2.11. The number of hydrogen-bond acceptors (Lipinski definition) is 3. The van der Waals surface area contributed by atoms with Crippen LogP contribution in [-0.2, 0) is 6.42 Å². The summed E-state index contributed by atoms with van der Waals surface area (Å²) in [6.45, 7) is 0. The summed E-state index contributed by atoms with van der Waals surface area (Å²) in [5.74, 6) is -0.264. The summed E-state index contributed by atoms with van der Waals surface area (Å²) in [7, 11) is 0. The number of nitrogens with two attached hydrogens (primary N) is 1. The average Bonchev–Trinajstić information content (AvgIpc) is 2.93. The van der Waals surface area contributed by atoms with Crippen molar-refractivity contribution in [1.82, 2.24) is 4.98 Å². The first kappa shape index (κ1) is 11.4. The second kappa shape index (κ2) is 4.21. The molecule has 1 aromatic carbocycles. The number of allylic oxidation sites excluding steroid dienone is 1. The molecule has 0 saturated heterocycles. The van der Waals surface area contributed by atoms with Crippen LogP contribution in [0, 0.1) is 17.1 Å². The van der Waals surface area contributed by atoms with Crippen LogP contribution in [0.15, 0.2) is 30.5 Å². The molecule has 0 spiro atoms. The van der Waals surface area contributed by atoms with E-state index < -0.39 is 0 Å². The molecule has 3 nitrogen and oxygen atoms in total. The van der Waals surface area contributed by atoms with Gasteiger partial charge in [-0.05, 0) is 30.2 Å². The molecule has 0 saturated carbocycles. The summed E-state index contributed by atoms with van der Waals surface area (Å²) >= 11 is 0. The minimum atomic E-state index is -0.264. The summed E-state index contributed by atoms with van der Waals surface area (Å²) in [6.07, 6.45) is 5.82. The Kier molecular flexibility index (Phi) is 2.53. The van der Waals surface area contributed by atoms with Gasteiger partial charge in [0, 0.05) is 28.6 Å². The van der Waals surface area contributed by atoms with Crippen molar-refractivity contribution in [1.29, 1.82) is 5.26 Å². The maximum Gasteiger partial charge on any atom is 0.141 e. The van der Waals surface area contributed by atoms with Crippen molar-refractivity contribution in [3.8, 4) is 17.2 Å². The summed E-state index contributed by atoms with van der Waals surface area (Å²) in [5, 5.41) is 8.86. The van der Waals surface area contributed by atoms with Crippen molar-refractivity contribution in [2.75, 3.05) is 5.73 Å². The van der Waals surface area contributed by atoms with Crippen LogP contribution in [0.1, 0.15) is 16.8 Å². The lowest BCUT2D eigenvalue weighted by atomic mass is 9.97. The van der Waals surface area contributed by atoms with Gasteiger partial charge >= 0.3 is 0 Å². The van der Waals surface area contributed by atoms with E-state index in [1.54, 1.807) is 12.1 Å². The largest absolute Gasteiger partial charge is 0.398 e. The van der Waals surface area contributed by atoms with E-state index in [2.05, 4.69) is 4.98 Å². The standard InChI is InChI=1S/C15H10FN3/c16-14-7-13(9-4-5-19-10(6-9)8-17)15(18)12-3-1-2-11(12)14/h1,3-7H,2,18H2. The quantitative estimate of drug-likeness (QED) is 0.792. The molecule has 0 radical (unpaired) electrons. The summed E-state index contributed by atoms with van der Waals surface area (Å²) in [4.78, 5) is 3.90. The molecule has 3 rings (SSSR count). The van der Waals surface area contributed by atoms with Gasteiger partial charge in [-0.1, -0.05) is 12.2 Å². The van der Waals surface area contributed by atoms with Gasteiger partial charge in [0.15, 0.2) is 0 Å². The molecule has 0 bridgehead atoms. The molecule has 92 valence electrons. The van der Waals surface area contributed by atoms with Crippen LogP contribution in [0.3, 0.4) is 0 Å². The SMILES string of the molecule is N#Cc1cc(-c2cc(F)c3c(c2N)C=CC3)ccn1. The normalized spacial score (nSPS) is 12.2. The number of nitrogen functional groups attached to an aromatic ring is 1. The molecule has 0 amide bonds. The maximum absolute atomic E-state index is 14.0. The van der Waals surface area contributed by atoms with Gasteiger partial charge in [0.05, 0.1) is 0 Å². The molecular formula is C15H10FN3. The number of nitriles is 1. The van der Waals surface area contributed by atoms with Crippen molar-refractivity contribution < 1.29 is 4.39 Å². The molecule has 1 aromatic heterocycles. The van der Waals surface area contributed by atoms with Crippen LogP contribution in [0.25, 0.3) is 17.2 Å². The van der Waals surface area contributed by atoms with Gasteiger partial charge in [-0.25, -0.2) is 9.37 Å².